The molecule has 0 amide bonds. The number of amidine groups is 1. The van der Waals surface area contributed by atoms with E-state index in [-0.39, 0.29) is 17.8 Å². The Balaban J connectivity index is 2.51. The van der Waals surface area contributed by atoms with Crippen molar-refractivity contribution < 1.29 is 4.39 Å². The maximum absolute atomic E-state index is 13.1. The third kappa shape index (κ3) is 2.86. The lowest BCUT2D eigenvalue weighted by atomic mass is 9.93. The van der Waals surface area contributed by atoms with Crippen LogP contribution in [0.25, 0.3) is 0 Å². The Kier molecular flexibility index (Phi) is 4.46. The molecule has 0 aromatic heterocycles. The number of nitrogens with one attached hydrogen (secondary N) is 1. The molecule has 3 nitrogen and oxygen atoms in total. The number of allylic oxidation sites excluding steroid dienone is 1. The van der Waals surface area contributed by atoms with E-state index in [1.165, 1.54) is 23.9 Å². The fourth-order valence-electron chi connectivity index (χ4n) is 2.11. The van der Waals surface area contributed by atoms with Crippen LogP contribution in [0.1, 0.15) is 25.5 Å². The van der Waals surface area contributed by atoms with E-state index in [2.05, 4.69) is 16.4 Å². The van der Waals surface area contributed by atoms with E-state index in [9.17, 15) is 9.65 Å². The molecule has 20 heavy (non-hydrogen) atoms. The number of halogens is 1. The van der Waals surface area contributed by atoms with Gasteiger partial charge in [-0.25, -0.2) is 9.38 Å². The number of nitrogens with zero attached hydrogens (tertiary/aromatic N) is 2. The summed E-state index contributed by atoms with van der Waals surface area (Å²) in [6.07, 6.45) is 1.93. The first-order valence-electron chi connectivity index (χ1n) is 6.35. The van der Waals surface area contributed by atoms with Crippen LogP contribution in [0.15, 0.2) is 40.5 Å². The van der Waals surface area contributed by atoms with Crippen LogP contribution >= 0.6 is 11.8 Å². The molecule has 0 spiro atoms. The van der Waals surface area contributed by atoms with Gasteiger partial charge in [0.15, 0.2) is 5.17 Å². The number of nitriles is 1. The van der Waals surface area contributed by atoms with Gasteiger partial charge < -0.3 is 5.32 Å². The fraction of sp³-hybridized carbons (Fsp3) is 0.333. The first-order chi connectivity index (χ1) is 9.56. The molecule has 1 N–H and O–H groups in total. The van der Waals surface area contributed by atoms with Crippen molar-refractivity contribution >= 4 is 16.9 Å². The summed E-state index contributed by atoms with van der Waals surface area (Å²) in [6, 6.07) is 8.05. The van der Waals surface area contributed by atoms with Gasteiger partial charge in [0.2, 0.25) is 0 Å². The van der Waals surface area contributed by atoms with Crippen LogP contribution < -0.4 is 5.32 Å². The molecule has 1 atom stereocenters. The highest BCUT2D eigenvalue weighted by atomic mass is 32.2. The van der Waals surface area contributed by atoms with Crippen molar-refractivity contribution in [3.8, 4) is 6.07 Å². The minimum Gasteiger partial charge on any atom is -0.337 e. The number of benzene rings is 1. The number of thioether (sulfide) groups is 1. The van der Waals surface area contributed by atoms with Crippen LogP contribution in [-0.4, -0.2) is 11.4 Å². The van der Waals surface area contributed by atoms with Crippen molar-refractivity contribution in [1.82, 2.24) is 5.32 Å². The molecular formula is C15H16FN3S. The molecule has 1 aliphatic rings. The van der Waals surface area contributed by atoms with Gasteiger partial charge in [-0.3, -0.25) is 0 Å². The highest BCUT2D eigenvalue weighted by molar-refractivity contribution is 8.13. The Morgan fingerprint density at radius 3 is 2.50 bits per heavy atom. The van der Waals surface area contributed by atoms with Crippen LogP contribution in [0, 0.1) is 23.1 Å². The Morgan fingerprint density at radius 2 is 2.00 bits per heavy atom. The van der Waals surface area contributed by atoms with Crippen molar-refractivity contribution in [3.05, 3.63) is 46.9 Å². The lowest BCUT2D eigenvalue weighted by Gasteiger charge is -2.26. The summed E-state index contributed by atoms with van der Waals surface area (Å²) >= 11 is 1.50. The second-order valence-corrected chi connectivity index (χ2v) is 5.61. The monoisotopic (exact) mass is 289 g/mol. The summed E-state index contributed by atoms with van der Waals surface area (Å²) in [5, 5.41) is 13.4. The van der Waals surface area contributed by atoms with E-state index in [1.807, 2.05) is 20.1 Å². The summed E-state index contributed by atoms with van der Waals surface area (Å²) in [5.41, 5.74) is 2.32. The van der Waals surface area contributed by atoms with Gasteiger partial charge in [-0.05, 0) is 29.9 Å². The van der Waals surface area contributed by atoms with Crippen molar-refractivity contribution in [3.63, 3.8) is 0 Å². The average Bonchev–Trinajstić information content (AvgIpc) is 2.46. The third-order valence-electron chi connectivity index (χ3n) is 3.13. The predicted octanol–water partition coefficient (Wildman–Crippen LogP) is 3.62. The van der Waals surface area contributed by atoms with Gasteiger partial charge in [0.05, 0.1) is 11.6 Å². The molecule has 0 saturated heterocycles. The molecule has 1 unspecified atom stereocenters. The quantitative estimate of drug-likeness (QED) is 0.904. The van der Waals surface area contributed by atoms with Crippen molar-refractivity contribution in [1.29, 1.82) is 5.26 Å². The molecule has 1 aromatic rings. The summed E-state index contributed by atoms with van der Waals surface area (Å²) < 4.78 is 13.1. The molecule has 1 heterocycles. The van der Waals surface area contributed by atoms with Gasteiger partial charge in [-0.1, -0.05) is 37.7 Å². The van der Waals surface area contributed by atoms with Gasteiger partial charge in [0.1, 0.15) is 11.9 Å². The number of rotatable bonds is 2. The van der Waals surface area contributed by atoms with Crippen molar-refractivity contribution in [2.24, 2.45) is 10.9 Å². The van der Waals surface area contributed by atoms with E-state index in [0.717, 1.165) is 16.4 Å². The molecule has 0 fully saturated rings. The second kappa shape index (κ2) is 6.10. The minimum absolute atomic E-state index is 0.199. The zero-order valence-corrected chi connectivity index (χ0v) is 12.5. The first kappa shape index (κ1) is 14.6. The minimum atomic E-state index is -0.360. The van der Waals surface area contributed by atoms with Crippen LogP contribution in [0.2, 0.25) is 0 Å². The van der Waals surface area contributed by atoms with Crippen LogP contribution in [0.3, 0.4) is 0 Å². The zero-order valence-electron chi connectivity index (χ0n) is 11.6. The van der Waals surface area contributed by atoms with E-state index in [0.29, 0.717) is 5.57 Å². The maximum Gasteiger partial charge on any atom is 0.161 e. The average molecular weight is 289 g/mol. The SMILES string of the molecule is CSC1=NC(c2ccc(F)cc2)C(C#N)=C(C(C)C)N1. The Morgan fingerprint density at radius 1 is 1.35 bits per heavy atom. The molecule has 2 rings (SSSR count). The topological polar surface area (TPSA) is 48.2 Å². The van der Waals surface area contributed by atoms with E-state index < -0.39 is 0 Å². The van der Waals surface area contributed by atoms with Crippen LogP contribution in [-0.2, 0) is 0 Å². The fourth-order valence-corrected chi connectivity index (χ4v) is 2.53. The molecular weight excluding hydrogens is 273 g/mol. The normalized spacial score (nSPS) is 18.6. The summed E-state index contributed by atoms with van der Waals surface area (Å²) in [6.45, 7) is 4.06. The number of aliphatic imine (C=N–C) groups is 1. The Hall–Kier alpha value is -1.80. The summed E-state index contributed by atoms with van der Waals surface area (Å²) in [4.78, 5) is 4.55. The standard InChI is InChI=1S/C15H16FN3S/c1-9(2)13-12(8-17)14(19-15(18-13)20-3)10-4-6-11(16)7-5-10/h4-7,9,14H,1-3H3,(H,18,19). The first-order valence-corrected chi connectivity index (χ1v) is 7.57. The number of hydrogen-bond donors (Lipinski definition) is 1. The molecule has 1 aliphatic heterocycles. The molecule has 0 aliphatic carbocycles. The highest BCUT2D eigenvalue weighted by Gasteiger charge is 2.27. The van der Waals surface area contributed by atoms with Gasteiger partial charge >= 0.3 is 0 Å². The Bertz CT molecular complexity index is 597. The maximum atomic E-state index is 13.1. The predicted molar refractivity (Wildman–Crippen MR) is 80.7 cm³/mol. The summed E-state index contributed by atoms with van der Waals surface area (Å²) in [7, 11) is 0. The van der Waals surface area contributed by atoms with Crippen molar-refractivity contribution in [2.75, 3.05) is 6.26 Å². The molecule has 0 bridgehead atoms. The van der Waals surface area contributed by atoms with E-state index in [4.69, 9.17) is 0 Å². The largest absolute Gasteiger partial charge is 0.337 e. The van der Waals surface area contributed by atoms with E-state index in [1.54, 1.807) is 12.1 Å². The third-order valence-corrected chi connectivity index (χ3v) is 3.72. The molecule has 0 radical (unpaired) electrons. The zero-order chi connectivity index (χ0) is 14.7. The van der Waals surface area contributed by atoms with Gasteiger partial charge in [0.25, 0.3) is 0 Å². The second-order valence-electron chi connectivity index (χ2n) is 4.81. The van der Waals surface area contributed by atoms with Gasteiger partial charge in [-0.15, -0.1) is 0 Å². The molecule has 5 heteroatoms. The molecule has 104 valence electrons. The summed E-state index contributed by atoms with van der Waals surface area (Å²) in [5.74, 6) is -0.0893. The van der Waals surface area contributed by atoms with Gasteiger partial charge in [-0.2, -0.15) is 5.26 Å². The molecule has 1 aromatic carbocycles. The lowest BCUT2D eigenvalue weighted by molar-refractivity contribution is 0.625. The highest BCUT2D eigenvalue weighted by Crippen LogP contribution is 2.33. The van der Waals surface area contributed by atoms with E-state index >= 15 is 0 Å². The van der Waals surface area contributed by atoms with Crippen molar-refractivity contribution in [2.45, 2.75) is 19.9 Å². The lowest BCUT2D eigenvalue weighted by Crippen LogP contribution is -2.30. The van der Waals surface area contributed by atoms with Crippen LogP contribution in [0.4, 0.5) is 4.39 Å². The molecule has 0 saturated carbocycles. The smallest absolute Gasteiger partial charge is 0.161 e. The Labute approximate surface area is 122 Å². The van der Waals surface area contributed by atoms with Crippen LogP contribution in [0.5, 0.6) is 0 Å². The van der Waals surface area contributed by atoms with Gasteiger partial charge in [0, 0.05) is 5.70 Å². The number of hydrogen-bond acceptors (Lipinski definition) is 4.